The van der Waals surface area contributed by atoms with Crippen molar-refractivity contribution in [2.24, 2.45) is 0 Å². The van der Waals surface area contributed by atoms with Gasteiger partial charge in [0, 0.05) is 35.2 Å². The molecule has 0 fully saturated rings. The normalized spacial score (nSPS) is 11.3. The van der Waals surface area contributed by atoms with E-state index in [0.29, 0.717) is 27.8 Å². The summed E-state index contributed by atoms with van der Waals surface area (Å²) < 4.78 is 4.78. The highest BCUT2D eigenvalue weighted by atomic mass is 32.1. The first-order valence-electron chi connectivity index (χ1n) is 11.1. The minimum atomic E-state index is -1.10. The zero-order valence-corrected chi connectivity index (χ0v) is 20.9. The molecule has 0 aliphatic rings. The molecule has 0 aliphatic heterocycles. The number of phenols is 1. The van der Waals surface area contributed by atoms with E-state index in [1.54, 1.807) is 67.1 Å². The lowest BCUT2D eigenvalue weighted by Gasteiger charge is -2.19. The zero-order chi connectivity index (χ0) is 26.2. The number of aromatic hydroxyl groups is 1. The number of thiophene rings is 1. The minimum Gasteiger partial charge on any atom is -0.508 e. The highest BCUT2D eigenvalue weighted by Crippen LogP contribution is 2.18. The van der Waals surface area contributed by atoms with Crippen LogP contribution in [0.15, 0.2) is 53.2 Å². The Balaban J connectivity index is 1.69. The topological polar surface area (TPSA) is 134 Å². The Morgan fingerprint density at radius 1 is 0.944 bits per heavy atom. The first-order valence-corrected chi connectivity index (χ1v) is 12.0. The Labute approximate surface area is 212 Å². The van der Waals surface area contributed by atoms with Crippen molar-refractivity contribution in [1.29, 1.82) is 0 Å². The average Bonchev–Trinajstić information content (AvgIpc) is 3.39. The lowest BCUT2D eigenvalue weighted by atomic mass is 9.98. The summed E-state index contributed by atoms with van der Waals surface area (Å²) in [5, 5.41) is 21.0. The molecule has 0 saturated carbocycles. The van der Waals surface area contributed by atoms with Crippen LogP contribution >= 0.6 is 11.3 Å². The molecule has 188 valence electrons. The van der Waals surface area contributed by atoms with E-state index in [2.05, 4.69) is 16.0 Å². The predicted octanol–water partition coefficient (Wildman–Crippen LogP) is 2.70. The number of ether oxygens (including phenoxy) is 1. The fourth-order valence-electron chi connectivity index (χ4n) is 3.66. The van der Waals surface area contributed by atoms with E-state index in [4.69, 9.17) is 4.74 Å². The molecule has 3 aromatic rings. The van der Waals surface area contributed by atoms with Crippen molar-refractivity contribution >= 4 is 35.0 Å². The molecule has 4 N–H and O–H groups in total. The van der Waals surface area contributed by atoms with Gasteiger partial charge in [-0.2, -0.15) is 11.3 Å². The molecule has 0 aliphatic carbocycles. The van der Waals surface area contributed by atoms with Crippen molar-refractivity contribution in [2.75, 3.05) is 13.7 Å². The van der Waals surface area contributed by atoms with Crippen molar-refractivity contribution in [3.8, 4) is 5.75 Å². The van der Waals surface area contributed by atoms with E-state index in [1.165, 1.54) is 18.4 Å². The molecule has 0 radical (unpaired) electrons. The van der Waals surface area contributed by atoms with Crippen LogP contribution in [0.4, 0.5) is 0 Å². The Kier molecular flexibility index (Phi) is 8.80. The molecule has 2 aromatic carbocycles. The Morgan fingerprint density at radius 2 is 1.64 bits per heavy atom. The van der Waals surface area contributed by atoms with Crippen LogP contribution in [0.2, 0.25) is 0 Å². The molecule has 10 heteroatoms. The zero-order valence-electron chi connectivity index (χ0n) is 20.1. The van der Waals surface area contributed by atoms with Gasteiger partial charge >= 0.3 is 5.97 Å². The number of methoxy groups -OCH3 is 1. The third-order valence-corrected chi connectivity index (χ3v) is 6.11. The number of phenolic OH excluding ortho intramolecular Hbond substituents is 1. The van der Waals surface area contributed by atoms with Gasteiger partial charge in [-0.1, -0.05) is 12.1 Å². The van der Waals surface area contributed by atoms with Crippen molar-refractivity contribution in [2.45, 2.75) is 26.4 Å². The predicted molar refractivity (Wildman–Crippen MR) is 135 cm³/mol. The van der Waals surface area contributed by atoms with Crippen LogP contribution in [-0.4, -0.2) is 48.5 Å². The largest absolute Gasteiger partial charge is 0.508 e. The maximum absolute atomic E-state index is 13.1. The lowest BCUT2D eigenvalue weighted by molar-refractivity contribution is -0.142. The Morgan fingerprint density at radius 3 is 2.25 bits per heavy atom. The highest BCUT2D eigenvalue weighted by molar-refractivity contribution is 7.08. The number of benzene rings is 2. The van der Waals surface area contributed by atoms with Gasteiger partial charge in [0.05, 0.1) is 7.11 Å². The second-order valence-electron chi connectivity index (χ2n) is 8.11. The maximum Gasteiger partial charge on any atom is 0.330 e. The van der Waals surface area contributed by atoms with Crippen molar-refractivity contribution in [3.05, 3.63) is 86.6 Å². The van der Waals surface area contributed by atoms with Gasteiger partial charge in [0.15, 0.2) is 0 Å². The van der Waals surface area contributed by atoms with Crippen molar-refractivity contribution in [1.82, 2.24) is 16.0 Å². The van der Waals surface area contributed by atoms with Gasteiger partial charge in [-0.3, -0.25) is 14.4 Å². The molecule has 3 amide bonds. The van der Waals surface area contributed by atoms with Crippen molar-refractivity contribution < 1.29 is 29.0 Å². The molecule has 1 atom stereocenters. The number of amides is 3. The lowest BCUT2D eigenvalue weighted by Crippen LogP contribution is -2.49. The first kappa shape index (κ1) is 26.4. The van der Waals surface area contributed by atoms with E-state index >= 15 is 0 Å². The summed E-state index contributed by atoms with van der Waals surface area (Å²) in [5.41, 5.74) is 2.97. The third-order valence-electron chi connectivity index (χ3n) is 5.43. The van der Waals surface area contributed by atoms with E-state index < -0.39 is 17.9 Å². The summed E-state index contributed by atoms with van der Waals surface area (Å²) in [6.45, 7) is 3.46. The van der Waals surface area contributed by atoms with Gasteiger partial charge in [-0.15, -0.1) is 0 Å². The number of carbonyl (C=O) groups excluding carboxylic acids is 4. The molecule has 1 heterocycles. The molecular weight excluding hydrogens is 482 g/mol. The molecular formula is C26H27N3O6S. The first-order chi connectivity index (χ1) is 17.2. The van der Waals surface area contributed by atoms with Crippen molar-refractivity contribution in [3.63, 3.8) is 0 Å². The monoisotopic (exact) mass is 509 g/mol. The SMILES string of the molecule is COC(=O)[C@H](CNC(=O)c1ccsc1)NC(=O)c1c(C)cc(C(=O)NCc2cccc(O)c2)cc1C. The van der Waals surface area contributed by atoms with Gasteiger partial charge < -0.3 is 25.8 Å². The molecule has 9 nitrogen and oxygen atoms in total. The van der Waals surface area contributed by atoms with E-state index in [1.807, 2.05) is 0 Å². The van der Waals surface area contributed by atoms with Gasteiger partial charge in [0.1, 0.15) is 11.8 Å². The van der Waals surface area contributed by atoms with Crippen LogP contribution in [-0.2, 0) is 16.1 Å². The van der Waals surface area contributed by atoms with E-state index in [-0.39, 0.29) is 30.7 Å². The minimum absolute atomic E-state index is 0.111. The van der Waals surface area contributed by atoms with Crippen LogP contribution in [0, 0.1) is 13.8 Å². The smallest absolute Gasteiger partial charge is 0.330 e. The molecule has 1 aromatic heterocycles. The van der Waals surface area contributed by atoms with Gasteiger partial charge in [-0.25, -0.2) is 4.79 Å². The van der Waals surface area contributed by atoms with Crippen LogP contribution < -0.4 is 16.0 Å². The fourth-order valence-corrected chi connectivity index (χ4v) is 4.30. The number of aryl methyl sites for hydroxylation is 2. The second-order valence-corrected chi connectivity index (χ2v) is 8.89. The Hall–Kier alpha value is -4.18. The second kappa shape index (κ2) is 12.0. The summed E-state index contributed by atoms with van der Waals surface area (Å²) >= 11 is 1.37. The molecule has 0 bridgehead atoms. The molecule has 0 saturated heterocycles. The third kappa shape index (κ3) is 6.70. The summed E-state index contributed by atoms with van der Waals surface area (Å²) in [6.07, 6.45) is 0. The standard InChI is InChI=1S/C26H27N3O6S/c1-15-9-19(24(32)27-12-17-5-4-6-20(30)11-17)10-16(2)22(15)25(33)29-21(26(34)35-3)13-28-23(31)18-7-8-36-14-18/h4-11,14,21,30H,12-13H2,1-3H3,(H,27,32)(H,28,31)(H,29,33)/t21-/m0/s1. The number of esters is 1. The number of hydrogen-bond donors (Lipinski definition) is 4. The Bertz CT molecular complexity index is 1250. The molecule has 36 heavy (non-hydrogen) atoms. The van der Waals surface area contributed by atoms with Crippen LogP contribution in [0.5, 0.6) is 5.75 Å². The quantitative estimate of drug-likeness (QED) is 0.328. The molecule has 3 rings (SSSR count). The van der Waals surface area contributed by atoms with Crippen LogP contribution in [0.3, 0.4) is 0 Å². The highest BCUT2D eigenvalue weighted by Gasteiger charge is 2.25. The van der Waals surface area contributed by atoms with Gasteiger partial charge in [-0.05, 0) is 66.2 Å². The van der Waals surface area contributed by atoms with E-state index in [0.717, 1.165) is 5.56 Å². The molecule has 0 spiro atoms. The van der Waals surface area contributed by atoms with Gasteiger partial charge in [0.2, 0.25) is 0 Å². The van der Waals surface area contributed by atoms with Gasteiger partial charge in [0.25, 0.3) is 17.7 Å². The van der Waals surface area contributed by atoms with Crippen LogP contribution in [0.25, 0.3) is 0 Å². The number of carbonyl (C=O) groups is 4. The number of rotatable bonds is 9. The number of hydrogen-bond acceptors (Lipinski definition) is 7. The fraction of sp³-hybridized carbons (Fsp3) is 0.231. The summed E-state index contributed by atoms with van der Waals surface area (Å²) in [4.78, 5) is 50.2. The average molecular weight is 510 g/mol. The summed E-state index contributed by atoms with van der Waals surface area (Å²) in [6, 6.07) is 10.3. The molecule has 0 unspecified atom stereocenters. The summed E-state index contributed by atoms with van der Waals surface area (Å²) in [7, 11) is 1.20. The maximum atomic E-state index is 13.1. The van der Waals surface area contributed by atoms with E-state index in [9.17, 15) is 24.3 Å². The van der Waals surface area contributed by atoms with Crippen LogP contribution in [0.1, 0.15) is 47.8 Å². The number of nitrogens with one attached hydrogen (secondary N) is 3. The summed E-state index contributed by atoms with van der Waals surface area (Å²) in [5.74, 6) is -1.82.